The first-order valence-electron chi connectivity index (χ1n) is 15.7. The van der Waals surface area contributed by atoms with Gasteiger partial charge in [0, 0.05) is 66.1 Å². The van der Waals surface area contributed by atoms with E-state index in [1.54, 1.807) is 0 Å². The molecule has 0 unspecified atom stereocenters. The number of hydrogen-bond donors (Lipinski definition) is 2. The summed E-state index contributed by atoms with van der Waals surface area (Å²) in [5, 5.41) is 9.43. The van der Waals surface area contributed by atoms with Gasteiger partial charge in [-0.3, -0.25) is 9.78 Å². The predicted molar refractivity (Wildman–Crippen MR) is 188 cm³/mol. The fourth-order valence-electron chi connectivity index (χ4n) is 6.64. The third-order valence-electron chi connectivity index (χ3n) is 8.87. The first kappa shape index (κ1) is 30.3. The van der Waals surface area contributed by atoms with E-state index >= 15 is 0 Å². The van der Waals surface area contributed by atoms with Gasteiger partial charge in [0.2, 0.25) is 5.91 Å². The van der Waals surface area contributed by atoms with Crippen LogP contribution in [0.4, 0.5) is 11.4 Å². The van der Waals surface area contributed by atoms with Crippen LogP contribution in [0, 0.1) is 13.8 Å². The summed E-state index contributed by atoms with van der Waals surface area (Å²) >= 11 is 5.92. The van der Waals surface area contributed by atoms with Crippen molar-refractivity contribution >= 4 is 45.4 Å². The Balaban J connectivity index is 1.30. The highest BCUT2D eigenvalue weighted by Crippen LogP contribution is 2.41. The van der Waals surface area contributed by atoms with Gasteiger partial charge >= 0.3 is 0 Å². The Labute approximate surface area is 270 Å². The second-order valence-corrected chi connectivity index (χ2v) is 11.9. The fraction of sp³-hybridized carbons (Fsp3) is 0.270. The number of benzene rings is 3. The second kappa shape index (κ2) is 13.1. The van der Waals surface area contributed by atoms with E-state index in [9.17, 15) is 4.79 Å². The van der Waals surface area contributed by atoms with Crippen molar-refractivity contribution in [2.75, 3.05) is 29.9 Å². The van der Waals surface area contributed by atoms with E-state index in [4.69, 9.17) is 17.2 Å². The minimum Gasteiger partial charge on any atom is -0.372 e. The average Bonchev–Trinajstić information content (AvgIpc) is 3.55. The summed E-state index contributed by atoms with van der Waals surface area (Å²) < 4.78 is 2.31. The number of aryl methyl sites for hydroxylation is 1. The molecular formula is C37H40N6OS. The molecule has 1 amide bonds. The van der Waals surface area contributed by atoms with Crippen LogP contribution in [0.3, 0.4) is 0 Å². The number of hydrogen-bond acceptors (Lipinski definition) is 4. The molecule has 230 valence electrons. The van der Waals surface area contributed by atoms with E-state index in [2.05, 4.69) is 95.2 Å². The summed E-state index contributed by atoms with van der Waals surface area (Å²) in [7, 11) is 0. The topological polar surface area (TPSA) is 65.4 Å². The van der Waals surface area contributed by atoms with Gasteiger partial charge in [0.05, 0.1) is 17.8 Å². The molecule has 8 heteroatoms. The van der Waals surface area contributed by atoms with Crippen LogP contribution in [0.25, 0.3) is 16.5 Å². The maximum Gasteiger partial charge on any atom is 0.226 e. The Bertz CT molecular complexity index is 1810. The van der Waals surface area contributed by atoms with Gasteiger partial charge in [-0.25, -0.2) is 0 Å². The summed E-state index contributed by atoms with van der Waals surface area (Å²) in [4.78, 5) is 22.5. The van der Waals surface area contributed by atoms with Gasteiger partial charge in [0.1, 0.15) is 0 Å². The van der Waals surface area contributed by atoms with Crippen LogP contribution in [0.5, 0.6) is 0 Å². The highest BCUT2D eigenvalue weighted by Gasteiger charge is 2.41. The largest absolute Gasteiger partial charge is 0.372 e. The standard InChI is InChI=1S/C37H40N6OS/c1-5-41(6-2)28-17-19-29(20-18-28)43-25(3)24-31(26(43)4)36-35(33-15-9-10-22-38-33)40-37(45)42(36)23-21-34(44)39-32-16-11-13-27-12-7-8-14-30(27)32/h7-20,22,24,35-36H,5-6,21,23H2,1-4H3,(H,39,44)(H,40,45)/t35-,36-/m0/s1. The van der Waals surface area contributed by atoms with Gasteiger partial charge in [0.25, 0.3) is 0 Å². The van der Waals surface area contributed by atoms with Gasteiger partial charge < -0.3 is 25.0 Å². The lowest BCUT2D eigenvalue weighted by Gasteiger charge is -2.28. The molecule has 5 aromatic rings. The van der Waals surface area contributed by atoms with Crippen LogP contribution in [-0.2, 0) is 4.79 Å². The second-order valence-electron chi connectivity index (χ2n) is 11.5. The molecule has 0 aliphatic carbocycles. The number of carbonyl (C=O) groups is 1. The van der Waals surface area contributed by atoms with Gasteiger partial charge in [-0.05, 0) is 99.4 Å². The molecule has 0 radical (unpaired) electrons. The molecule has 1 fully saturated rings. The van der Waals surface area contributed by atoms with Crippen LogP contribution in [0.2, 0.25) is 0 Å². The highest BCUT2D eigenvalue weighted by molar-refractivity contribution is 7.80. The molecule has 7 nitrogen and oxygen atoms in total. The van der Waals surface area contributed by atoms with E-state index in [-0.39, 0.29) is 18.0 Å². The van der Waals surface area contributed by atoms with E-state index in [1.807, 2.05) is 54.7 Å². The van der Waals surface area contributed by atoms with E-state index in [1.165, 1.54) is 5.69 Å². The zero-order valence-electron chi connectivity index (χ0n) is 26.3. The minimum absolute atomic E-state index is 0.0482. The Kier molecular flexibility index (Phi) is 8.85. The Hall–Kier alpha value is -4.69. The van der Waals surface area contributed by atoms with Crippen LogP contribution in [-0.4, -0.2) is 45.1 Å². The monoisotopic (exact) mass is 616 g/mol. The molecule has 0 bridgehead atoms. The molecule has 6 rings (SSSR count). The molecule has 3 heterocycles. The SMILES string of the molecule is CCN(CC)c1ccc(-n2c(C)cc([C@H]3[C@H](c4ccccn4)NC(=S)N3CCC(=O)Nc3cccc4ccccc34)c2C)cc1. The van der Waals surface area contributed by atoms with Crippen molar-refractivity contribution in [1.29, 1.82) is 0 Å². The number of aromatic nitrogens is 2. The van der Waals surface area contributed by atoms with Crippen LogP contribution >= 0.6 is 12.2 Å². The number of carbonyl (C=O) groups excluding carboxylic acids is 1. The smallest absolute Gasteiger partial charge is 0.226 e. The van der Waals surface area contributed by atoms with Crippen molar-refractivity contribution in [2.45, 2.75) is 46.2 Å². The first-order chi connectivity index (χ1) is 21.9. The zero-order chi connectivity index (χ0) is 31.5. The number of fused-ring (bicyclic) bond motifs is 1. The normalized spacial score (nSPS) is 16.2. The van der Waals surface area contributed by atoms with Crippen LogP contribution < -0.4 is 15.5 Å². The number of anilines is 2. The van der Waals surface area contributed by atoms with Crippen LogP contribution in [0.15, 0.2) is 97.2 Å². The number of thiocarbonyl (C=S) groups is 1. The Morgan fingerprint density at radius 1 is 0.956 bits per heavy atom. The van der Waals surface area contributed by atoms with Crippen molar-refractivity contribution in [3.63, 3.8) is 0 Å². The summed E-state index contributed by atoms with van der Waals surface area (Å²) in [5.74, 6) is -0.0482. The molecule has 2 atom stereocenters. The van der Waals surface area contributed by atoms with Gasteiger partial charge in [0.15, 0.2) is 5.11 Å². The molecule has 3 aromatic carbocycles. The quantitative estimate of drug-likeness (QED) is 0.159. The van der Waals surface area contributed by atoms with E-state index in [0.717, 1.165) is 57.9 Å². The maximum absolute atomic E-state index is 13.3. The predicted octanol–water partition coefficient (Wildman–Crippen LogP) is 7.49. The lowest BCUT2D eigenvalue weighted by atomic mass is 9.96. The van der Waals surface area contributed by atoms with Crippen molar-refractivity contribution in [3.05, 3.63) is 120 Å². The molecule has 2 N–H and O–H groups in total. The Morgan fingerprint density at radius 2 is 1.69 bits per heavy atom. The average molecular weight is 617 g/mol. The van der Waals surface area contributed by atoms with E-state index < -0.39 is 0 Å². The third kappa shape index (κ3) is 6.02. The lowest BCUT2D eigenvalue weighted by molar-refractivity contribution is -0.116. The van der Waals surface area contributed by atoms with Crippen molar-refractivity contribution < 1.29 is 4.79 Å². The number of amides is 1. The van der Waals surface area contributed by atoms with Crippen LogP contribution in [0.1, 0.15) is 55.0 Å². The molecule has 1 aliphatic heterocycles. The number of rotatable bonds is 10. The number of nitrogens with zero attached hydrogens (tertiary/aromatic N) is 4. The van der Waals surface area contributed by atoms with Crippen molar-refractivity contribution in [2.24, 2.45) is 0 Å². The fourth-order valence-corrected chi connectivity index (χ4v) is 6.97. The van der Waals surface area contributed by atoms with E-state index in [0.29, 0.717) is 18.1 Å². The van der Waals surface area contributed by atoms with Gasteiger partial charge in [-0.1, -0.05) is 42.5 Å². The summed E-state index contributed by atoms with van der Waals surface area (Å²) in [6.07, 6.45) is 2.11. The third-order valence-corrected chi connectivity index (χ3v) is 9.22. The number of pyridine rings is 1. The summed E-state index contributed by atoms with van der Waals surface area (Å²) in [6.45, 7) is 11.1. The molecule has 1 aliphatic rings. The molecule has 45 heavy (non-hydrogen) atoms. The lowest BCUT2D eigenvalue weighted by Crippen LogP contribution is -2.33. The molecular weight excluding hydrogens is 577 g/mol. The molecule has 1 saturated heterocycles. The minimum atomic E-state index is -0.154. The highest BCUT2D eigenvalue weighted by atomic mass is 32.1. The molecule has 0 spiro atoms. The zero-order valence-corrected chi connectivity index (χ0v) is 27.1. The van der Waals surface area contributed by atoms with Gasteiger partial charge in [-0.15, -0.1) is 0 Å². The molecule has 0 saturated carbocycles. The first-order valence-corrected chi connectivity index (χ1v) is 16.1. The van der Waals surface area contributed by atoms with Crippen molar-refractivity contribution in [1.82, 2.24) is 19.8 Å². The van der Waals surface area contributed by atoms with Gasteiger partial charge in [-0.2, -0.15) is 0 Å². The summed E-state index contributed by atoms with van der Waals surface area (Å²) in [5.41, 5.74) is 7.53. The summed E-state index contributed by atoms with van der Waals surface area (Å²) in [6, 6.07) is 30.8. The molecule has 2 aromatic heterocycles. The maximum atomic E-state index is 13.3. The number of nitrogens with one attached hydrogen (secondary N) is 2. The van der Waals surface area contributed by atoms with Crippen molar-refractivity contribution in [3.8, 4) is 5.69 Å². The Morgan fingerprint density at radius 3 is 2.42 bits per heavy atom.